The number of nitrogens with one attached hydrogen (secondary N) is 1. The van der Waals surface area contributed by atoms with Crippen LogP contribution in [0.1, 0.15) is 50.8 Å². The molecule has 0 saturated carbocycles. The largest absolute Gasteiger partial charge is 0.378 e. The van der Waals surface area contributed by atoms with Gasteiger partial charge in [-0.05, 0) is 49.1 Å². The molecule has 0 fully saturated rings. The zero-order valence-corrected chi connectivity index (χ0v) is 14.8. The Morgan fingerprint density at radius 3 is 2.50 bits per heavy atom. The van der Waals surface area contributed by atoms with Crippen LogP contribution in [0.2, 0.25) is 0 Å². The van der Waals surface area contributed by atoms with E-state index in [1.165, 1.54) is 11.1 Å². The summed E-state index contributed by atoms with van der Waals surface area (Å²) >= 11 is 0. The van der Waals surface area contributed by atoms with Crippen molar-refractivity contribution < 1.29 is 4.79 Å². The lowest BCUT2D eigenvalue weighted by atomic mass is 9.91. The molecule has 3 nitrogen and oxygen atoms in total. The van der Waals surface area contributed by atoms with Gasteiger partial charge in [-0.2, -0.15) is 0 Å². The molecule has 0 aliphatic carbocycles. The summed E-state index contributed by atoms with van der Waals surface area (Å²) in [6, 6.07) is 17.3. The number of hydrogen-bond acceptors (Lipinski definition) is 2. The van der Waals surface area contributed by atoms with Gasteiger partial charge in [0.05, 0.1) is 6.04 Å². The molecule has 3 heteroatoms. The molecule has 1 aliphatic heterocycles. The Hall–Kier alpha value is -2.29. The Kier molecular flexibility index (Phi) is 4.89. The highest BCUT2D eigenvalue weighted by Gasteiger charge is 2.32. The number of fused-ring (bicyclic) bond motifs is 1. The molecule has 1 aliphatic rings. The Bertz CT molecular complexity index is 708. The molecule has 1 amide bonds. The zero-order valence-electron chi connectivity index (χ0n) is 14.8. The van der Waals surface area contributed by atoms with Gasteiger partial charge in [0, 0.05) is 23.8 Å². The highest BCUT2D eigenvalue weighted by molar-refractivity contribution is 5.95. The van der Waals surface area contributed by atoms with Gasteiger partial charge in [0.15, 0.2) is 0 Å². The Morgan fingerprint density at radius 2 is 1.83 bits per heavy atom. The van der Waals surface area contributed by atoms with Crippen molar-refractivity contribution >= 4 is 17.3 Å². The van der Waals surface area contributed by atoms with Crippen LogP contribution in [-0.2, 0) is 11.2 Å². The number of carbonyl (C=O) groups is 1. The SMILES string of the molecule is CCC(=O)N1c2ccccc2C(Nc2ccc(CC)cc2)CC1C. The first-order valence-corrected chi connectivity index (χ1v) is 8.90. The van der Waals surface area contributed by atoms with E-state index in [-0.39, 0.29) is 18.0 Å². The molecule has 0 aromatic heterocycles. The number of para-hydroxylation sites is 1. The summed E-state index contributed by atoms with van der Waals surface area (Å²) in [6.45, 7) is 6.23. The first-order valence-electron chi connectivity index (χ1n) is 8.90. The maximum atomic E-state index is 12.4. The fourth-order valence-electron chi connectivity index (χ4n) is 3.54. The number of nitrogens with zero attached hydrogens (tertiary/aromatic N) is 1. The maximum absolute atomic E-state index is 12.4. The van der Waals surface area contributed by atoms with Crippen LogP contribution >= 0.6 is 0 Å². The molecule has 1 N–H and O–H groups in total. The van der Waals surface area contributed by atoms with Crippen molar-refractivity contribution in [3.05, 3.63) is 59.7 Å². The third kappa shape index (κ3) is 3.16. The number of carbonyl (C=O) groups excluding carboxylic acids is 1. The second kappa shape index (κ2) is 7.08. The fourth-order valence-corrected chi connectivity index (χ4v) is 3.54. The molecule has 2 unspecified atom stereocenters. The average Bonchev–Trinajstić information content (AvgIpc) is 2.62. The molecule has 0 saturated heterocycles. The van der Waals surface area contributed by atoms with Crippen molar-refractivity contribution in [3.8, 4) is 0 Å². The van der Waals surface area contributed by atoms with E-state index >= 15 is 0 Å². The number of benzene rings is 2. The minimum Gasteiger partial charge on any atom is -0.378 e. The Morgan fingerprint density at radius 1 is 1.12 bits per heavy atom. The van der Waals surface area contributed by atoms with Gasteiger partial charge in [-0.25, -0.2) is 0 Å². The molecule has 24 heavy (non-hydrogen) atoms. The van der Waals surface area contributed by atoms with Gasteiger partial charge >= 0.3 is 0 Å². The molecule has 0 bridgehead atoms. The van der Waals surface area contributed by atoms with Crippen molar-refractivity contribution in [2.75, 3.05) is 10.2 Å². The smallest absolute Gasteiger partial charge is 0.226 e. The van der Waals surface area contributed by atoms with Gasteiger partial charge in [-0.15, -0.1) is 0 Å². The number of rotatable bonds is 4. The highest BCUT2D eigenvalue weighted by Crippen LogP contribution is 2.39. The molecule has 3 rings (SSSR count). The van der Waals surface area contributed by atoms with Crippen molar-refractivity contribution in [2.24, 2.45) is 0 Å². The van der Waals surface area contributed by atoms with Gasteiger partial charge in [0.2, 0.25) is 5.91 Å². The van der Waals surface area contributed by atoms with E-state index < -0.39 is 0 Å². The lowest BCUT2D eigenvalue weighted by Crippen LogP contribution is -2.44. The molecular formula is C21H26N2O. The van der Waals surface area contributed by atoms with Crippen LogP contribution in [0.4, 0.5) is 11.4 Å². The summed E-state index contributed by atoms with van der Waals surface area (Å²) in [6.07, 6.45) is 2.51. The first-order chi connectivity index (χ1) is 11.6. The molecular weight excluding hydrogens is 296 g/mol. The van der Waals surface area contributed by atoms with E-state index in [1.54, 1.807) is 0 Å². The summed E-state index contributed by atoms with van der Waals surface area (Å²) < 4.78 is 0. The van der Waals surface area contributed by atoms with E-state index in [2.05, 4.69) is 61.6 Å². The summed E-state index contributed by atoms with van der Waals surface area (Å²) in [7, 11) is 0. The number of anilines is 2. The minimum absolute atomic E-state index is 0.194. The van der Waals surface area contributed by atoms with E-state index in [4.69, 9.17) is 0 Å². The van der Waals surface area contributed by atoms with Crippen LogP contribution in [-0.4, -0.2) is 11.9 Å². The number of aryl methyl sites for hydroxylation is 1. The van der Waals surface area contributed by atoms with E-state index in [9.17, 15) is 4.79 Å². The zero-order chi connectivity index (χ0) is 17.1. The standard InChI is InChI=1S/C21H26N2O/c1-4-16-10-12-17(13-11-16)22-19-14-15(3)23(21(24)5-2)20-9-7-6-8-18(19)20/h6-13,15,19,22H,4-5,14H2,1-3H3. The highest BCUT2D eigenvalue weighted by atomic mass is 16.2. The molecule has 2 aromatic rings. The Balaban J connectivity index is 1.90. The molecule has 1 heterocycles. The van der Waals surface area contributed by atoms with E-state index in [0.717, 1.165) is 24.2 Å². The molecule has 0 radical (unpaired) electrons. The van der Waals surface area contributed by atoms with E-state index in [1.807, 2.05) is 17.9 Å². The first kappa shape index (κ1) is 16.6. The summed E-state index contributed by atoms with van der Waals surface area (Å²) in [4.78, 5) is 14.3. The predicted octanol–water partition coefficient (Wildman–Crippen LogP) is 4.94. The van der Waals surface area contributed by atoms with Crippen molar-refractivity contribution in [1.82, 2.24) is 0 Å². The summed E-state index contributed by atoms with van der Waals surface area (Å²) in [5.74, 6) is 0.195. The summed E-state index contributed by atoms with van der Waals surface area (Å²) in [5, 5.41) is 3.66. The third-order valence-electron chi connectivity index (χ3n) is 4.86. The molecule has 0 spiro atoms. The van der Waals surface area contributed by atoms with E-state index in [0.29, 0.717) is 6.42 Å². The van der Waals surface area contributed by atoms with Crippen molar-refractivity contribution in [2.45, 2.75) is 52.1 Å². The van der Waals surface area contributed by atoms with Gasteiger partial charge in [-0.1, -0.05) is 44.2 Å². The van der Waals surface area contributed by atoms with Crippen LogP contribution in [0.5, 0.6) is 0 Å². The quantitative estimate of drug-likeness (QED) is 0.865. The van der Waals surface area contributed by atoms with Crippen molar-refractivity contribution in [3.63, 3.8) is 0 Å². The van der Waals surface area contributed by atoms with Crippen LogP contribution in [0.25, 0.3) is 0 Å². The van der Waals surface area contributed by atoms with Crippen LogP contribution in [0.15, 0.2) is 48.5 Å². The molecule has 126 valence electrons. The van der Waals surface area contributed by atoms with Gasteiger partial charge < -0.3 is 10.2 Å². The average molecular weight is 322 g/mol. The van der Waals surface area contributed by atoms with Gasteiger partial charge in [0.25, 0.3) is 0 Å². The number of amides is 1. The van der Waals surface area contributed by atoms with Crippen molar-refractivity contribution in [1.29, 1.82) is 0 Å². The lowest BCUT2D eigenvalue weighted by Gasteiger charge is -2.40. The Labute approximate surface area is 144 Å². The monoisotopic (exact) mass is 322 g/mol. The van der Waals surface area contributed by atoms with Crippen LogP contribution in [0.3, 0.4) is 0 Å². The molecule has 2 aromatic carbocycles. The summed E-state index contributed by atoms with van der Waals surface area (Å²) in [5.41, 5.74) is 4.73. The van der Waals surface area contributed by atoms with Gasteiger partial charge in [-0.3, -0.25) is 4.79 Å². The minimum atomic E-state index is 0.194. The van der Waals surface area contributed by atoms with Crippen LogP contribution in [0, 0.1) is 0 Å². The number of hydrogen-bond donors (Lipinski definition) is 1. The van der Waals surface area contributed by atoms with Gasteiger partial charge in [0.1, 0.15) is 0 Å². The predicted molar refractivity (Wildman–Crippen MR) is 100 cm³/mol. The second-order valence-corrected chi connectivity index (χ2v) is 6.51. The fraction of sp³-hybridized carbons (Fsp3) is 0.381. The topological polar surface area (TPSA) is 32.3 Å². The normalized spacial score (nSPS) is 19.7. The molecule has 2 atom stereocenters. The third-order valence-corrected chi connectivity index (χ3v) is 4.86. The maximum Gasteiger partial charge on any atom is 0.226 e. The lowest BCUT2D eigenvalue weighted by molar-refractivity contribution is -0.118. The second-order valence-electron chi connectivity index (χ2n) is 6.51. The van der Waals surface area contributed by atoms with Crippen LogP contribution < -0.4 is 10.2 Å².